The van der Waals surface area contributed by atoms with E-state index in [1.807, 2.05) is 0 Å². The highest BCUT2D eigenvalue weighted by Crippen LogP contribution is 2.34. The zero-order valence-electron chi connectivity index (χ0n) is 10.9. The molecule has 0 aliphatic rings. The number of nitro groups is 1. The molecule has 6 nitrogen and oxygen atoms in total. The molecule has 0 amide bonds. The summed E-state index contributed by atoms with van der Waals surface area (Å²) >= 11 is 0. The fraction of sp³-hybridized carbons (Fsp3) is 0.0769. The van der Waals surface area contributed by atoms with Crippen LogP contribution in [0.3, 0.4) is 0 Å². The summed E-state index contributed by atoms with van der Waals surface area (Å²) in [6, 6.07) is 5.53. The van der Waals surface area contributed by atoms with Gasteiger partial charge in [-0.25, -0.2) is 0 Å². The van der Waals surface area contributed by atoms with Crippen LogP contribution in [0.1, 0.15) is 11.1 Å². The molecule has 0 saturated carbocycles. The Morgan fingerprint density at radius 3 is 2.68 bits per heavy atom. The van der Waals surface area contributed by atoms with E-state index >= 15 is 0 Å². The van der Waals surface area contributed by atoms with Crippen molar-refractivity contribution < 1.29 is 18.1 Å². The highest BCUT2D eigenvalue weighted by Gasteiger charge is 2.33. The van der Waals surface area contributed by atoms with Crippen LogP contribution in [0.25, 0.3) is 0 Å². The second-order valence-electron chi connectivity index (χ2n) is 4.14. The number of nitrogens with one attached hydrogen (secondary N) is 1. The van der Waals surface area contributed by atoms with Crippen LogP contribution in [-0.2, 0) is 6.18 Å². The number of benzene rings is 1. The van der Waals surface area contributed by atoms with E-state index in [-0.39, 0.29) is 5.69 Å². The SMILES string of the molecule is O=[N+]([O-])c1cc(C(F)(F)F)ccc1NN=Cc1cccnc1. The van der Waals surface area contributed by atoms with Gasteiger partial charge in [0.2, 0.25) is 0 Å². The molecule has 0 saturated heterocycles. The number of hydrogen-bond acceptors (Lipinski definition) is 5. The van der Waals surface area contributed by atoms with Gasteiger partial charge in [0.1, 0.15) is 5.69 Å². The van der Waals surface area contributed by atoms with E-state index in [0.29, 0.717) is 11.6 Å². The number of pyridine rings is 1. The Morgan fingerprint density at radius 2 is 2.09 bits per heavy atom. The Hall–Kier alpha value is -2.97. The van der Waals surface area contributed by atoms with E-state index in [4.69, 9.17) is 0 Å². The summed E-state index contributed by atoms with van der Waals surface area (Å²) in [5.41, 5.74) is 1.04. The Balaban J connectivity index is 2.24. The Kier molecular flexibility index (Phi) is 4.35. The smallest absolute Gasteiger partial charge is 0.272 e. The molecule has 1 heterocycles. The monoisotopic (exact) mass is 310 g/mol. The average molecular weight is 310 g/mol. The normalized spacial score (nSPS) is 11.6. The molecule has 0 fully saturated rings. The molecule has 0 radical (unpaired) electrons. The van der Waals surface area contributed by atoms with Crippen LogP contribution in [0, 0.1) is 10.1 Å². The fourth-order valence-electron chi connectivity index (χ4n) is 1.58. The van der Waals surface area contributed by atoms with Crippen LogP contribution >= 0.6 is 0 Å². The van der Waals surface area contributed by atoms with Crippen molar-refractivity contribution in [3.8, 4) is 0 Å². The van der Waals surface area contributed by atoms with Gasteiger partial charge in [-0.1, -0.05) is 6.07 Å². The number of halogens is 3. The van der Waals surface area contributed by atoms with E-state index in [1.54, 1.807) is 18.3 Å². The third-order valence-electron chi connectivity index (χ3n) is 2.60. The number of aromatic nitrogens is 1. The van der Waals surface area contributed by atoms with Crippen molar-refractivity contribution in [1.29, 1.82) is 0 Å². The van der Waals surface area contributed by atoms with Gasteiger partial charge in [-0.05, 0) is 18.2 Å². The molecule has 1 aromatic carbocycles. The third kappa shape index (κ3) is 3.78. The number of nitrogens with zero attached hydrogens (tertiary/aromatic N) is 3. The van der Waals surface area contributed by atoms with Crippen molar-refractivity contribution in [1.82, 2.24) is 4.98 Å². The van der Waals surface area contributed by atoms with Gasteiger partial charge in [0.15, 0.2) is 0 Å². The molecule has 0 aliphatic heterocycles. The Labute approximate surface area is 122 Å². The van der Waals surface area contributed by atoms with Crippen LogP contribution in [-0.4, -0.2) is 16.1 Å². The maximum Gasteiger partial charge on any atom is 0.416 e. The molecule has 22 heavy (non-hydrogen) atoms. The quantitative estimate of drug-likeness (QED) is 0.533. The lowest BCUT2D eigenvalue weighted by atomic mass is 10.1. The molecular weight excluding hydrogens is 301 g/mol. The molecule has 0 unspecified atom stereocenters. The molecule has 1 N–H and O–H groups in total. The maximum atomic E-state index is 12.6. The summed E-state index contributed by atoms with van der Waals surface area (Å²) in [7, 11) is 0. The number of anilines is 1. The van der Waals surface area contributed by atoms with E-state index < -0.39 is 22.4 Å². The van der Waals surface area contributed by atoms with Gasteiger partial charge in [-0.3, -0.25) is 20.5 Å². The molecule has 9 heteroatoms. The molecule has 0 atom stereocenters. The first-order chi connectivity index (χ1) is 10.4. The first-order valence-corrected chi connectivity index (χ1v) is 5.92. The molecule has 114 valence electrons. The van der Waals surface area contributed by atoms with Gasteiger partial charge < -0.3 is 0 Å². The summed E-state index contributed by atoms with van der Waals surface area (Å²) in [6.07, 6.45) is -0.242. The van der Waals surface area contributed by atoms with Gasteiger partial charge in [0.25, 0.3) is 5.69 Å². The highest BCUT2D eigenvalue weighted by atomic mass is 19.4. The molecule has 0 spiro atoms. The molecule has 0 aliphatic carbocycles. The fourth-order valence-corrected chi connectivity index (χ4v) is 1.58. The van der Waals surface area contributed by atoms with Crippen molar-refractivity contribution >= 4 is 17.6 Å². The minimum atomic E-state index is -4.65. The molecule has 2 aromatic rings. The van der Waals surface area contributed by atoms with E-state index in [2.05, 4.69) is 15.5 Å². The number of alkyl halides is 3. The van der Waals surface area contributed by atoms with Gasteiger partial charge >= 0.3 is 6.18 Å². The van der Waals surface area contributed by atoms with E-state index in [0.717, 1.165) is 12.1 Å². The lowest BCUT2D eigenvalue weighted by Crippen LogP contribution is -2.06. The van der Waals surface area contributed by atoms with Crippen molar-refractivity contribution in [2.45, 2.75) is 6.18 Å². The Bertz CT molecular complexity index is 702. The number of hydrazone groups is 1. The summed E-state index contributed by atoms with van der Waals surface area (Å²) in [6.45, 7) is 0. The summed E-state index contributed by atoms with van der Waals surface area (Å²) in [5.74, 6) is 0. The lowest BCUT2D eigenvalue weighted by Gasteiger charge is -2.08. The minimum Gasteiger partial charge on any atom is -0.272 e. The third-order valence-corrected chi connectivity index (χ3v) is 2.60. The second kappa shape index (κ2) is 6.20. The van der Waals surface area contributed by atoms with Crippen LogP contribution < -0.4 is 5.43 Å². The van der Waals surface area contributed by atoms with E-state index in [1.165, 1.54) is 12.4 Å². The number of rotatable bonds is 4. The topological polar surface area (TPSA) is 80.4 Å². The minimum absolute atomic E-state index is 0.141. The predicted octanol–water partition coefficient (Wildman–Crippen LogP) is 3.45. The van der Waals surface area contributed by atoms with Crippen LogP contribution in [0.5, 0.6) is 0 Å². The maximum absolute atomic E-state index is 12.6. The first-order valence-electron chi connectivity index (χ1n) is 5.92. The van der Waals surface area contributed by atoms with E-state index in [9.17, 15) is 23.3 Å². The van der Waals surface area contributed by atoms with Crippen molar-refractivity contribution in [3.63, 3.8) is 0 Å². The average Bonchev–Trinajstić information content (AvgIpc) is 2.47. The largest absolute Gasteiger partial charge is 0.416 e. The van der Waals surface area contributed by atoms with Crippen LogP contribution in [0.2, 0.25) is 0 Å². The summed E-state index contributed by atoms with van der Waals surface area (Å²) in [4.78, 5) is 13.8. The summed E-state index contributed by atoms with van der Waals surface area (Å²) < 4.78 is 37.7. The highest BCUT2D eigenvalue weighted by molar-refractivity contribution is 5.80. The Morgan fingerprint density at radius 1 is 1.32 bits per heavy atom. The zero-order chi connectivity index (χ0) is 16.2. The van der Waals surface area contributed by atoms with Crippen molar-refractivity contribution in [2.24, 2.45) is 5.10 Å². The van der Waals surface area contributed by atoms with Gasteiger partial charge in [-0.2, -0.15) is 18.3 Å². The molecule has 0 bridgehead atoms. The second-order valence-corrected chi connectivity index (χ2v) is 4.14. The first kappa shape index (κ1) is 15.4. The van der Waals surface area contributed by atoms with Gasteiger partial charge in [0.05, 0.1) is 16.7 Å². The molecular formula is C13H9F3N4O2. The standard InChI is InChI=1S/C13H9F3N4O2/c14-13(15,16)10-3-4-11(12(6-10)20(21)22)19-18-8-9-2-1-5-17-7-9/h1-8,19H. The molecule has 2 rings (SSSR count). The summed E-state index contributed by atoms with van der Waals surface area (Å²) in [5, 5.41) is 14.6. The van der Waals surface area contributed by atoms with Crippen LogP contribution in [0.15, 0.2) is 47.8 Å². The molecule has 1 aromatic heterocycles. The number of nitro benzene ring substituents is 1. The van der Waals surface area contributed by atoms with Crippen molar-refractivity contribution in [3.05, 3.63) is 64.0 Å². The predicted molar refractivity (Wildman–Crippen MR) is 73.6 cm³/mol. The van der Waals surface area contributed by atoms with Crippen LogP contribution in [0.4, 0.5) is 24.5 Å². The number of hydrogen-bond donors (Lipinski definition) is 1. The lowest BCUT2D eigenvalue weighted by molar-refractivity contribution is -0.384. The zero-order valence-corrected chi connectivity index (χ0v) is 10.9. The van der Waals surface area contributed by atoms with Gasteiger partial charge in [0, 0.05) is 24.0 Å². The van der Waals surface area contributed by atoms with Crippen molar-refractivity contribution in [2.75, 3.05) is 5.43 Å². The van der Waals surface area contributed by atoms with Gasteiger partial charge in [-0.15, -0.1) is 0 Å².